The first-order valence-electron chi connectivity index (χ1n) is 5.36. The maximum Gasteiger partial charge on any atom is 0.121 e. The van der Waals surface area contributed by atoms with Crippen molar-refractivity contribution in [3.63, 3.8) is 0 Å². The van der Waals surface area contributed by atoms with E-state index in [4.69, 9.17) is 10.00 Å². The van der Waals surface area contributed by atoms with Gasteiger partial charge in [-0.25, -0.2) is 0 Å². The smallest absolute Gasteiger partial charge is 0.121 e. The fourth-order valence-electron chi connectivity index (χ4n) is 1.70. The number of hydrogen-bond donors (Lipinski definition) is 1. The molecule has 0 aromatic heterocycles. The summed E-state index contributed by atoms with van der Waals surface area (Å²) in [6.45, 7) is 3.82. The average Bonchev–Trinajstić information content (AvgIpc) is 2.30. The predicted molar refractivity (Wildman–Crippen MR) is 62.1 cm³/mol. The molecule has 0 bridgehead atoms. The highest BCUT2D eigenvalue weighted by Gasteiger charge is 2.19. The second-order valence-corrected chi connectivity index (χ2v) is 3.82. The molecule has 2 unspecified atom stereocenters. The quantitative estimate of drug-likeness (QED) is 0.846. The van der Waals surface area contributed by atoms with Crippen LogP contribution >= 0.6 is 0 Å². The zero-order valence-corrected chi connectivity index (χ0v) is 9.90. The van der Waals surface area contributed by atoms with Crippen LogP contribution in [0.2, 0.25) is 0 Å². The van der Waals surface area contributed by atoms with Gasteiger partial charge < -0.3 is 9.84 Å². The second-order valence-electron chi connectivity index (χ2n) is 3.82. The number of ether oxygens (including phenoxy) is 1. The lowest BCUT2D eigenvalue weighted by atomic mass is 9.94. The lowest BCUT2D eigenvalue weighted by Crippen LogP contribution is -2.10. The summed E-state index contributed by atoms with van der Waals surface area (Å²) in [6, 6.07) is 7.60. The van der Waals surface area contributed by atoms with Crippen molar-refractivity contribution in [1.82, 2.24) is 0 Å². The molecule has 2 atom stereocenters. The normalized spacial score (nSPS) is 13.9. The van der Waals surface area contributed by atoms with Crippen molar-refractivity contribution in [3.05, 3.63) is 29.3 Å². The van der Waals surface area contributed by atoms with E-state index >= 15 is 0 Å². The molecule has 0 aliphatic heterocycles. The number of nitriles is 1. The monoisotopic (exact) mass is 219 g/mol. The van der Waals surface area contributed by atoms with Crippen LogP contribution in [-0.4, -0.2) is 12.2 Å². The lowest BCUT2D eigenvalue weighted by Gasteiger charge is -2.16. The number of rotatable bonds is 4. The van der Waals surface area contributed by atoms with Crippen molar-refractivity contribution in [2.24, 2.45) is 5.92 Å². The Morgan fingerprint density at radius 3 is 2.62 bits per heavy atom. The van der Waals surface area contributed by atoms with E-state index in [1.807, 2.05) is 26.0 Å². The maximum absolute atomic E-state index is 10.0. The molecule has 0 aliphatic rings. The Bertz CT molecular complexity index is 395. The van der Waals surface area contributed by atoms with Gasteiger partial charge in [0.1, 0.15) is 5.75 Å². The molecule has 86 valence electrons. The highest BCUT2D eigenvalue weighted by molar-refractivity contribution is 5.37. The zero-order valence-electron chi connectivity index (χ0n) is 9.90. The average molecular weight is 219 g/mol. The van der Waals surface area contributed by atoms with E-state index in [0.29, 0.717) is 6.42 Å². The minimum Gasteiger partial charge on any atom is -0.496 e. The molecular formula is C13H17NO2. The van der Waals surface area contributed by atoms with Crippen molar-refractivity contribution in [3.8, 4) is 11.8 Å². The molecule has 0 spiro atoms. The number of methoxy groups -OCH3 is 1. The van der Waals surface area contributed by atoms with E-state index in [9.17, 15) is 5.11 Å². The highest BCUT2D eigenvalue weighted by Crippen LogP contribution is 2.27. The molecule has 1 rings (SSSR count). The topological polar surface area (TPSA) is 53.2 Å². The fraction of sp³-hybridized carbons (Fsp3) is 0.462. The molecular weight excluding hydrogens is 202 g/mol. The Labute approximate surface area is 96.3 Å². The first-order chi connectivity index (χ1) is 7.63. The summed E-state index contributed by atoms with van der Waals surface area (Å²) in [5.74, 6) is 0.439. The van der Waals surface area contributed by atoms with Crippen LogP contribution in [0, 0.1) is 24.2 Å². The standard InChI is InChI=1S/C13H17NO2/c1-4-10(8-14)13(15)11-5-6-12(16-3)9(2)7-11/h5-7,10,13,15H,4H2,1-3H3. The van der Waals surface area contributed by atoms with Gasteiger partial charge in [-0.1, -0.05) is 13.0 Å². The number of aliphatic hydroxyl groups is 1. The second kappa shape index (κ2) is 5.53. The van der Waals surface area contributed by atoms with Crippen LogP contribution in [0.15, 0.2) is 18.2 Å². The number of aliphatic hydroxyl groups excluding tert-OH is 1. The third kappa shape index (κ3) is 2.53. The molecule has 1 aromatic rings. The maximum atomic E-state index is 10.0. The van der Waals surface area contributed by atoms with Crippen LogP contribution in [-0.2, 0) is 0 Å². The molecule has 0 fully saturated rings. The van der Waals surface area contributed by atoms with Crippen LogP contribution in [0.5, 0.6) is 5.75 Å². The summed E-state index contributed by atoms with van der Waals surface area (Å²) in [4.78, 5) is 0. The van der Waals surface area contributed by atoms with E-state index in [0.717, 1.165) is 16.9 Å². The van der Waals surface area contributed by atoms with Gasteiger partial charge in [-0.2, -0.15) is 5.26 Å². The van der Waals surface area contributed by atoms with Gasteiger partial charge in [0.25, 0.3) is 0 Å². The third-order valence-electron chi connectivity index (χ3n) is 2.75. The highest BCUT2D eigenvalue weighted by atomic mass is 16.5. The predicted octanol–water partition coefficient (Wildman–Crippen LogP) is 2.59. The molecule has 16 heavy (non-hydrogen) atoms. The van der Waals surface area contributed by atoms with Crippen LogP contribution in [0.4, 0.5) is 0 Å². The number of benzene rings is 1. The van der Waals surface area contributed by atoms with Crippen LogP contribution in [0.1, 0.15) is 30.6 Å². The van der Waals surface area contributed by atoms with Crippen molar-refractivity contribution in [2.75, 3.05) is 7.11 Å². The lowest BCUT2D eigenvalue weighted by molar-refractivity contribution is 0.132. The molecule has 0 radical (unpaired) electrons. The molecule has 1 aromatic carbocycles. The van der Waals surface area contributed by atoms with Crippen molar-refractivity contribution in [2.45, 2.75) is 26.4 Å². The fourth-order valence-corrected chi connectivity index (χ4v) is 1.70. The molecule has 3 nitrogen and oxygen atoms in total. The Hall–Kier alpha value is -1.53. The summed E-state index contributed by atoms with van der Waals surface area (Å²) in [7, 11) is 1.61. The molecule has 0 heterocycles. The van der Waals surface area contributed by atoms with E-state index in [-0.39, 0.29) is 5.92 Å². The first kappa shape index (κ1) is 12.5. The van der Waals surface area contributed by atoms with Gasteiger partial charge in [-0.05, 0) is 36.6 Å². The van der Waals surface area contributed by atoms with Crippen LogP contribution < -0.4 is 4.74 Å². The largest absolute Gasteiger partial charge is 0.496 e. The molecule has 0 saturated carbocycles. The van der Waals surface area contributed by atoms with Crippen molar-refractivity contribution in [1.29, 1.82) is 5.26 Å². The summed E-state index contributed by atoms with van der Waals surface area (Å²) in [5.41, 5.74) is 1.73. The van der Waals surface area contributed by atoms with Gasteiger partial charge in [0, 0.05) is 0 Å². The van der Waals surface area contributed by atoms with E-state index in [1.165, 1.54) is 0 Å². The Balaban J connectivity index is 2.97. The van der Waals surface area contributed by atoms with E-state index in [2.05, 4.69) is 6.07 Å². The summed E-state index contributed by atoms with van der Waals surface area (Å²) >= 11 is 0. The Morgan fingerprint density at radius 1 is 1.50 bits per heavy atom. The molecule has 3 heteroatoms. The molecule has 0 saturated heterocycles. The van der Waals surface area contributed by atoms with Gasteiger partial charge in [-0.15, -0.1) is 0 Å². The Morgan fingerprint density at radius 2 is 2.19 bits per heavy atom. The minimum absolute atomic E-state index is 0.354. The minimum atomic E-state index is -0.723. The van der Waals surface area contributed by atoms with Gasteiger partial charge >= 0.3 is 0 Å². The Kier molecular flexibility index (Phi) is 4.33. The third-order valence-corrected chi connectivity index (χ3v) is 2.75. The van der Waals surface area contributed by atoms with Crippen molar-refractivity contribution >= 4 is 0 Å². The first-order valence-corrected chi connectivity index (χ1v) is 5.36. The van der Waals surface area contributed by atoms with Gasteiger partial charge in [0.2, 0.25) is 0 Å². The van der Waals surface area contributed by atoms with Gasteiger partial charge in [0.05, 0.1) is 25.2 Å². The molecule has 0 amide bonds. The van der Waals surface area contributed by atoms with E-state index < -0.39 is 6.10 Å². The molecule has 1 N–H and O–H groups in total. The zero-order chi connectivity index (χ0) is 12.1. The summed E-state index contributed by atoms with van der Waals surface area (Å²) in [5, 5.41) is 18.9. The SMILES string of the molecule is CCC(C#N)C(O)c1ccc(OC)c(C)c1. The van der Waals surface area contributed by atoms with Crippen molar-refractivity contribution < 1.29 is 9.84 Å². The number of hydrogen-bond acceptors (Lipinski definition) is 3. The number of aryl methyl sites for hydroxylation is 1. The van der Waals surface area contributed by atoms with Gasteiger partial charge in [0.15, 0.2) is 0 Å². The molecule has 0 aliphatic carbocycles. The van der Waals surface area contributed by atoms with E-state index in [1.54, 1.807) is 13.2 Å². The summed E-state index contributed by atoms with van der Waals surface area (Å²) in [6.07, 6.45) is -0.0810. The summed E-state index contributed by atoms with van der Waals surface area (Å²) < 4.78 is 5.15. The van der Waals surface area contributed by atoms with Gasteiger partial charge in [-0.3, -0.25) is 0 Å². The number of nitrogens with zero attached hydrogens (tertiary/aromatic N) is 1. The van der Waals surface area contributed by atoms with Crippen LogP contribution in [0.25, 0.3) is 0 Å². The van der Waals surface area contributed by atoms with Crippen LogP contribution in [0.3, 0.4) is 0 Å².